The summed E-state index contributed by atoms with van der Waals surface area (Å²) in [5.41, 5.74) is 2.99. The zero-order valence-corrected chi connectivity index (χ0v) is 12.4. The first-order valence-electron chi connectivity index (χ1n) is 5.70. The minimum atomic E-state index is -0.0700. The molecule has 0 aliphatic rings. The van der Waals surface area contributed by atoms with E-state index in [1.807, 2.05) is 39.0 Å². The molecule has 0 fully saturated rings. The van der Waals surface area contributed by atoms with E-state index >= 15 is 0 Å². The molecule has 0 aliphatic carbocycles. The van der Waals surface area contributed by atoms with Crippen molar-refractivity contribution in [3.8, 4) is 0 Å². The number of nitrogens with one attached hydrogen (secondary N) is 1. The Bertz CT molecular complexity index is 426. The fraction of sp³-hybridized carbons (Fsp3) is 0.385. The smallest absolute Gasteiger partial charge is 0.234 e. The van der Waals surface area contributed by atoms with Crippen LogP contribution in [0.25, 0.3) is 0 Å². The maximum absolute atomic E-state index is 11.8. The highest BCUT2D eigenvalue weighted by molar-refractivity contribution is 8.23. The minimum Gasteiger partial charge on any atom is -0.479 e. The maximum atomic E-state index is 11.8. The second-order valence-electron chi connectivity index (χ2n) is 3.79. The van der Waals surface area contributed by atoms with Crippen LogP contribution < -0.4 is 5.32 Å². The predicted molar refractivity (Wildman–Crippen MR) is 81.2 cm³/mol. The third-order valence-corrected chi connectivity index (χ3v) is 3.56. The fourth-order valence-corrected chi connectivity index (χ4v) is 2.29. The fourth-order valence-electron chi connectivity index (χ4n) is 1.47. The first-order chi connectivity index (χ1) is 8.54. The van der Waals surface area contributed by atoms with Crippen molar-refractivity contribution in [2.24, 2.45) is 0 Å². The van der Waals surface area contributed by atoms with Crippen molar-refractivity contribution in [3.05, 3.63) is 29.3 Å². The summed E-state index contributed by atoms with van der Waals surface area (Å²) in [6.45, 7) is 6.34. The Morgan fingerprint density at radius 2 is 2.00 bits per heavy atom. The molecule has 0 heterocycles. The average molecular weight is 283 g/mol. The third kappa shape index (κ3) is 4.66. The summed E-state index contributed by atoms with van der Waals surface area (Å²) >= 11 is 6.19. The summed E-state index contributed by atoms with van der Waals surface area (Å²) in [6.07, 6.45) is 0. The number of anilines is 1. The topological polar surface area (TPSA) is 38.3 Å². The molecule has 0 atom stereocenters. The molecular formula is C13H17NO2S2. The Morgan fingerprint density at radius 3 is 2.56 bits per heavy atom. The number of benzene rings is 1. The molecule has 18 heavy (non-hydrogen) atoms. The Hall–Kier alpha value is -1.07. The van der Waals surface area contributed by atoms with Gasteiger partial charge in [-0.25, -0.2) is 0 Å². The van der Waals surface area contributed by atoms with Crippen LogP contribution in [0.3, 0.4) is 0 Å². The van der Waals surface area contributed by atoms with Gasteiger partial charge in [0.15, 0.2) is 0 Å². The van der Waals surface area contributed by atoms with Gasteiger partial charge in [-0.2, -0.15) is 0 Å². The summed E-state index contributed by atoms with van der Waals surface area (Å²) < 4.78 is 5.52. The zero-order valence-electron chi connectivity index (χ0n) is 10.8. The Balaban J connectivity index is 2.52. The summed E-state index contributed by atoms with van der Waals surface area (Å²) in [4.78, 5) is 11.8. The molecule has 0 unspecified atom stereocenters. The Morgan fingerprint density at radius 1 is 1.39 bits per heavy atom. The molecule has 0 saturated heterocycles. The van der Waals surface area contributed by atoms with Crippen LogP contribution in [0.4, 0.5) is 5.69 Å². The molecule has 0 aromatic heterocycles. The van der Waals surface area contributed by atoms with Crippen LogP contribution in [0.5, 0.6) is 0 Å². The molecule has 3 nitrogen and oxygen atoms in total. The van der Waals surface area contributed by atoms with Gasteiger partial charge in [-0.05, 0) is 44.1 Å². The van der Waals surface area contributed by atoms with E-state index < -0.39 is 0 Å². The van der Waals surface area contributed by atoms with Crippen molar-refractivity contribution in [2.45, 2.75) is 20.8 Å². The van der Waals surface area contributed by atoms with Crippen molar-refractivity contribution in [3.63, 3.8) is 0 Å². The van der Waals surface area contributed by atoms with Crippen molar-refractivity contribution < 1.29 is 9.53 Å². The van der Waals surface area contributed by atoms with Crippen molar-refractivity contribution in [1.82, 2.24) is 0 Å². The van der Waals surface area contributed by atoms with Gasteiger partial charge < -0.3 is 10.1 Å². The minimum absolute atomic E-state index is 0.0700. The molecule has 98 valence electrons. The number of rotatable bonds is 4. The van der Waals surface area contributed by atoms with Crippen LogP contribution in [-0.4, -0.2) is 22.6 Å². The first-order valence-corrected chi connectivity index (χ1v) is 7.09. The highest BCUT2D eigenvalue weighted by Crippen LogP contribution is 2.19. The number of hydrogen-bond acceptors (Lipinski definition) is 4. The van der Waals surface area contributed by atoms with E-state index in [2.05, 4.69) is 5.32 Å². The van der Waals surface area contributed by atoms with Gasteiger partial charge in [-0.1, -0.05) is 30.0 Å². The first kappa shape index (κ1) is 15.0. The third-order valence-electron chi connectivity index (χ3n) is 2.33. The van der Waals surface area contributed by atoms with Gasteiger partial charge >= 0.3 is 0 Å². The van der Waals surface area contributed by atoms with Gasteiger partial charge in [0.1, 0.15) is 0 Å². The number of ether oxygens (including phenoxy) is 1. The van der Waals surface area contributed by atoms with Gasteiger partial charge in [0.25, 0.3) is 0 Å². The molecule has 1 amide bonds. The average Bonchev–Trinajstić information content (AvgIpc) is 2.32. The van der Waals surface area contributed by atoms with E-state index in [1.54, 1.807) is 0 Å². The Labute approximate surface area is 117 Å². The molecule has 1 rings (SSSR count). The number of para-hydroxylation sites is 1. The quantitative estimate of drug-likeness (QED) is 0.861. The number of amides is 1. The molecule has 0 aliphatic heterocycles. The number of carbonyl (C=O) groups excluding carboxylic acids is 1. The highest BCUT2D eigenvalue weighted by Gasteiger charge is 2.08. The van der Waals surface area contributed by atoms with E-state index in [-0.39, 0.29) is 11.7 Å². The van der Waals surface area contributed by atoms with Crippen LogP contribution in [0.15, 0.2) is 18.2 Å². The number of thiocarbonyl (C=S) groups is 1. The van der Waals surface area contributed by atoms with Crippen molar-refractivity contribution in [2.75, 3.05) is 17.7 Å². The van der Waals surface area contributed by atoms with Gasteiger partial charge in [-0.15, -0.1) is 0 Å². The molecule has 1 aromatic rings. The zero-order chi connectivity index (χ0) is 13.5. The van der Waals surface area contributed by atoms with E-state index in [4.69, 9.17) is 17.0 Å². The van der Waals surface area contributed by atoms with Crippen LogP contribution in [0, 0.1) is 13.8 Å². The second kappa shape index (κ2) is 7.38. The molecule has 0 radical (unpaired) electrons. The lowest BCUT2D eigenvalue weighted by molar-refractivity contribution is -0.113. The number of aryl methyl sites for hydroxylation is 2. The normalized spacial score (nSPS) is 9.94. The number of thioether (sulfide) groups is 1. The SMILES string of the molecule is CCOC(=S)SCC(=O)Nc1c(C)cccc1C. The van der Waals surface area contributed by atoms with Gasteiger partial charge in [-0.3, -0.25) is 4.79 Å². The summed E-state index contributed by atoms with van der Waals surface area (Å²) in [5, 5.41) is 2.90. The molecule has 0 spiro atoms. The van der Waals surface area contributed by atoms with E-state index in [0.29, 0.717) is 11.0 Å². The van der Waals surface area contributed by atoms with Gasteiger partial charge in [0.05, 0.1) is 12.4 Å². The monoisotopic (exact) mass is 283 g/mol. The lowest BCUT2D eigenvalue weighted by atomic mass is 10.1. The predicted octanol–water partition coefficient (Wildman–Crippen LogP) is 3.30. The molecular weight excluding hydrogens is 266 g/mol. The van der Waals surface area contributed by atoms with Crippen LogP contribution >= 0.6 is 24.0 Å². The molecule has 0 saturated carbocycles. The summed E-state index contributed by atoms with van der Waals surface area (Å²) in [6, 6.07) is 5.92. The molecule has 1 N–H and O–H groups in total. The van der Waals surface area contributed by atoms with E-state index in [1.165, 1.54) is 11.8 Å². The van der Waals surface area contributed by atoms with Gasteiger partial charge in [0, 0.05) is 5.69 Å². The van der Waals surface area contributed by atoms with Crippen molar-refractivity contribution >= 4 is 40.0 Å². The van der Waals surface area contributed by atoms with Gasteiger partial charge in [0.2, 0.25) is 10.3 Å². The summed E-state index contributed by atoms with van der Waals surface area (Å²) in [7, 11) is 0. The lowest BCUT2D eigenvalue weighted by Crippen LogP contribution is -2.17. The van der Waals surface area contributed by atoms with Crippen LogP contribution in [0.2, 0.25) is 0 Å². The standard InChI is InChI=1S/C13H17NO2S2/c1-4-16-13(17)18-8-11(15)14-12-9(2)6-5-7-10(12)3/h5-7H,4,8H2,1-3H3,(H,14,15). The molecule has 0 bridgehead atoms. The summed E-state index contributed by atoms with van der Waals surface area (Å²) in [5.74, 6) is 0.200. The number of carbonyl (C=O) groups is 1. The second-order valence-corrected chi connectivity index (χ2v) is 5.36. The van der Waals surface area contributed by atoms with Crippen molar-refractivity contribution in [1.29, 1.82) is 0 Å². The van der Waals surface area contributed by atoms with Crippen LogP contribution in [-0.2, 0) is 9.53 Å². The molecule has 5 heteroatoms. The highest BCUT2D eigenvalue weighted by atomic mass is 32.2. The molecule has 1 aromatic carbocycles. The van der Waals surface area contributed by atoms with E-state index in [9.17, 15) is 4.79 Å². The Kier molecular flexibility index (Phi) is 6.15. The van der Waals surface area contributed by atoms with Crippen LogP contribution in [0.1, 0.15) is 18.1 Å². The largest absolute Gasteiger partial charge is 0.479 e. The van der Waals surface area contributed by atoms with E-state index in [0.717, 1.165) is 16.8 Å². The number of hydrogen-bond donors (Lipinski definition) is 1. The maximum Gasteiger partial charge on any atom is 0.234 e. The lowest BCUT2D eigenvalue weighted by Gasteiger charge is -2.11.